The molecule has 0 spiro atoms. The molecule has 1 aliphatic rings. The molecule has 4 rings (SSSR count). The van der Waals surface area contributed by atoms with Gasteiger partial charge in [0.1, 0.15) is 0 Å². The van der Waals surface area contributed by atoms with Gasteiger partial charge in [-0.1, -0.05) is 29.8 Å². The predicted octanol–water partition coefficient (Wildman–Crippen LogP) is 4.70. The van der Waals surface area contributed by atoms with E-state index in [4.69, 9.17) is 5.73 Å². The third-order valence-electron chi connectivity index (χ3n) is 5.70. The number of anilines is 2. The van der Waals surface area contributed by atoms with Gasteiger partial charge in [-0.25, -0.2) is 4.98 Å². The number of nitrogens with one attached hydrogen (secondary N) is 1. The Hall–Kier alpha value is -3.19. The maximum Gasteiger partial charge on any atom is 0.248 e. The first-order valence-corrected chi connectivity index (χ1v) is 11.7. The van der Waals surface area contributed by atoms with Gasteiger partial charge in [0, 0.05) is 29.1 Å². The van der Waals surface area contributed by atoms with E-state index in [2.05, 4.69) is 15.2 Å². The minimum absolute atomic E-state index is 0.137. The number of thiazole rings is 1. The number of rotatable bonds is 6. The van der Waals surface area contributed by atoms with Crippen LogP contribution in [0, 0.1) is 13.8 Å². The molecule has 2 amide bonds. The standard InChI is InChI=1S/C25H28N4O2S/c1-16-6-8-18(9-7-16)24-22(32-17(2)27-24)15-23(30)28-20-14-19(25(26)31)10-11-21(20)29-12-4-3-5-13-29/h6-11,14H,3-5,12-13,15H2,1-2H3,(H2,26,31)(H,28,30). The second-order valence-electron chi connectivity index (χ2n) is 8.24. The summed E-state index contributed by atoms with van der Waals surface area (Å²) in [7, 11) is 0. The van der Waals surface area contributed by atoms with Crippen molar-refractivity contribution in [3.63, 3.8) is 0 Å². The molecule has 3 aromatic rings. The summed E-state index contributed by atoms with van der Waals surface area (Å²) in [5, 5.41) is 3.96. The van der Waals surface area contributed by atoms with Crippen molar-refractivity contribution < 1.29 is 9.59 Å². The van der Waals surface area contributed by atoms with Crippen molar-refractivity contribution >= 4 is 34.5 Å². The number of nitrogens with two attached hydrogens (primary N) is 1. The molecule has 0 bridgehead atoms. The molecule has 3 N–H and O–H groups in total. The van der Waals surface area contributed by atoms with Gasteiger partial charge < -0.3 is 16.0 Å². The number of carbonyl (C=O) groups excluding carboxylic acids is 2. The predicted molar refractivity (Wildman–Crippen MR) is 130 cm³/mol. The van der Waals surface area contributed by atoms with Crippen molar-refractivity contribution in [1.29, 1.82) is 0 Å². The summed E-state index contributed by atoms with van der Waals surface area (Å²) in [6.07, 6.45) is 3.66. The summed E-state index contributed by atoms with van der Waals surface area (Å²) in [6.45, 7) is 5.87. The third kappa shape index (κ3) is 4.99. The van der Waals surface area contributed by atoms with Crippen molar-refractivity contribution in [2.45, 2.75) is 39.5 Å². The highest BCUT2D eigenvalue weighted by atomic mass is 32.1. The lowest BCUT2D eigenvalue weighted by Gasteiger charge is -2.30. The highest BCUT2D eigenvalue weighted by Gasteiger charge is 2.19. The Morgan fingerprint density at radius 1 is 1.06 bits per heavy atom. The molecule has 1 aromatic heterocycles. The van der Waals surface area contributed by atoms with Crippen molar-refractivity contribution in [1.82, 2.24) is 4.98 Å². The Morgan fingerprint density at radius 3 is 2.47 bits per heavy atom. The molecule has 0 aliphatic carbocycles. The molecule has 0 atom stereocenters. The largest absolute Gasteiger partial charge is 0.370 e. The van der Waals surface area contributed by atoms with Gasteiger partial charge in [0.2, 0.25) is 11.8 Å². The van der Waals surface area contributed by atoms with Crippen molar-refractivity contribution in [3.05, 3.63) is 63.5 Å². The average Bonchev–Trinajstić information content (AvgIpc) is 3.14. The number of aromatic nitrogens is 1. The van der Waals surface area contributed by atoms with Gasteiger partial charge in [-0.2, -0.15) is 0 Å². The molecular weight excluding hydrogens is 420 g/mol. The van der Waals surface area contributed by atoms with Gasteiger partial charge in [-0.05, 0) is 51.3 Å². The van der Waals surface area contributed by atoms with E-state index in [0.717, 1.165) is 52.8 Å². The highest BCUT2D eigenvalue weighted by Crippen LogP contribution is 2.32. The summed E-state index contributed by atoms with van der Waals surface area (Å²) in [4.78, 5) is 32.7. The molecule has 2 aromatic carbocycles. The molecule has 32 heavy (non-hydrogen) atoms. The third-order valence-corrected chi connectivity index (χ3v) is 6.67. The van der Waals surface area contributed by atoms with Crippen LogP contribution in [0.25, 0.3) is 11.3 Å². The number of hydrogen-bond donors (Lipinski definition) is 2. The quantitative estimate of drug-likeness (QED) is 0.572. The number of nitrogens with zero attached hydrogens (tertiary/aromatic N) is 2. The Labute approximate surface area is 192 Å². The molecule has 1 aliphatic heterocycles. The lowest BCUT2D eigenvalue weighted by molar-refractivity contribution is -0.115. The van der Waals surface area contributed by atoms with Crippen LogP contribution in [-0.2, 0) is 11.2 Å². The summed E-state index contributed by atoms with van der Waals surface area (Å²) in [6, 6.07) is 13.5. The lowest BCUT2D eigenvalue weighted by atomic mass is 10.1. The zero-order valence-electron chi connectivity index (χ0n) is 18.5. The summed E-state index contributed by atoms with van der Waals surface area (Å²) in [5.41, 5.74) is 10.5. The van der Waals surface area contributed by atoms with Gasteiger partial charge in [0.15, 0.2) is 0 Å². The summed E-state index contributed by atoms with van der Waals surface area (Å²) in [5.74, 6) is -0.646. The van der Waals surface area contributed by atoms with Gasteiger partial charge in [-0.15, -0.1) is 11.3 Å². The molecule has 2 heterocycles. The van der Waals surface area contributed by atoms with E-state index in [1.807, 2.05) is 44.2 Å². The molecule has 166 valence electrons. The Kier molecular flexibility index (Phi) is 6.55. The maximum atomic E-state index is 13.1. The van der Waals surface area contributed by atoms with Crippen LogP contribution in [0.2, 0.25) is 0 Å². The maximum absolute atomic E-state index is 13.1. The fourth-order valence-corrected chi connectivity index (χ4v) is 5.02. The Morgan fingerprint density at radius 2 is 1.78 bits per heavy atom. The first-order chi connectivity index (χ1) is 15.4. The number of primary amides is 1. The van der Waals surface area contributed by atoms with E-state index in [1.165, 1.54) is 23.3 Å². The number of aryl methyl sites for hydroxylation is 2. The normalized spacial score (nSPS) is 13.8. The van der Waals surface area contributed by atoms with Gasteiger partial charge in [0.25, 0.3) is 0 Å². The smallest absolute Gasteiger partial charge is 0.248 e. The van der Waals surface area contributed by atoms with Crippen LogP contribution in [0.4, 0.5) is 11.4 Å². The molecule has 0 unspecified atom stereocenters. The van der Waals surface area contributed by atoms with Crippen molar-refractivity contribution in [2.24, 2.45) is 5.73 Å². The Bertz CT molecular complexity index is 1130. The SMILES string of the molecule is Cc1ccc(-c2nc(C)sc2CC(=O)Nc2cc(C(N)=O)ccc2N2CCCCC2)cc1. The van der Waals surface area contributed by atoms with E-state index >= 15 is 0 Å². The minimum atomic E-state index is -0.509. The highest BCUT2D eigenvalue weighted by molar-refractivity contribution is 7.12. The Balaban J connectivity index is 1.59. The number of amides is 2. The van der Waals surface area contributed by atoms with E-state index in [0.29, 0.717) is 11.3 Å². The van der Waals surface area contributed by atoms with E-state index in [-0.39, 0.29) is 12.3 Å². The van der Waals surface area contributed by atoms with Crippen LogP contribution in [-0.4, -0.2) is 29.9 Å². The van der Waals surface area contributed by atoms with E-state index in [9.17, 15) is 9.59 Å². The second kappa shape index (κ2) is 9.53. The molecule has 1 saturated heterocycles. The number of piperidine rings is 1. The van der Waals surface area contributed by atoms with Crippen LogP contribution >= 0.6 is 11.3 Å². The van der Waals surface area contributed by atoms with Crippen LogP contribution in [0.15, 0.2) is 42.5 Å². The van der Waals surface area contributed by atoms with E-state index in [1.54, 1.807) is 12.1 Å². The molecule has 7 heteroatoms. The van der Waals surface area contributed by atoms with Crippen LogP contribution in [0.5, 0.6) is 0 Å². The molecule has 0 saturated carbocycles. The number of benzene rings is 2. The van der Waals surface area contributed by atoms with Gasteiger partial charge in [0.05, 0.1) is 28.5 Å². The summed E-state index contributed by atoms with van der Waals surface area (Å²) >= 11 is 1.54. The fourth-order valence-electron chi connectivity index (χ4n) is 4.07. The van der Waals surface area contributed by atoms with E-state index < -0.39 is 5.91 Å². The second-order valence-corrected chi connectivity index (χ2v) is 9.53. The van der Waals surface area contributed by atoms with Crippen LogP contribution in [0.3, 0.4) is 0 Å². The number of carbonyl (C=O) groups is 2. The zero-order chi connectivity index (χ0) is 22.7. The molecular formula is C25H28N4O2S. The van der Waals surface area contributed by atoms with Gasteiger partial charge in [-0.3, -0.25) is 9.59 Å². The van der Waals surface area contributed by atoms with Crippen LogP contribution in [0.1, 0.15) is 45.1 Å². The van der Waals surface area contributed by atoms with Crippen molar-refractivity contribution in [2.75, 3.05) is 23.3 Å². The van der Waals surface area contributed by atoms with Gasteiger partial charge >= 0.3 is 0 Å². The minimum Gasteiger partial charge on any atom is -0.370 e. The van der Waals surface area contributed by atoms with Crippen molar-refractivity contribution in [3.8, 4) is 11.3 Å². The zero-order valence-corrected chi connectivity index (χ0v) is 19.3. The average molecular weight is 449 g/mol. The molecule has 6 nitrogen and oxygen atoms in total. The fraction of sp³-hybridized carbons (Fsp3) is 0.320. The topological polar surface area (TPSA) is 88.3 Å². The first kappa shape index (κ1) is 22.0. The summed E-state index contributed by atoms with van der Waals surface area (Å²) < 4.78 is 0. The molecule has 1 fully saturated rings. The lowest BCUT2D eigenvalue weighted by Crippen LogP contribution is -2.30. The number of hydrogen-bond acceptors (Lipinski definition) is 5. The van der Waals surface area contributed by atoms with Crippen LogP contribution < -0.4 is 16.0 Å². The molecule has 0 radical (unpaired) electrons. The first-order valence-electron chi connectivity index (χ1n) is 10.9. The monoisotopic (exact) mass is 448 g/mol.